The van der Waals surface area contributed by atoms with Gasteiger partial charge in [-0.1, -0.05) is 20.8 Å². The number of hydrogen-bond donors (Lipinski definition) is 0. The number of esters is 2. The average molecular weight is 421 g/mol. The zero-order valence-corrected chi connectivity index (χ0v) is 18.4. The molecule has 0 aliphatic rings. The standard InChI is InChI=1S/C21H40O8/c1-4-9-24-11-13-26-15-17-28-20(22)8-7-19(6-3)21(23)29-18-16-27-14-12-25-10-5-2/h19H,4-18H2,1-3H3. The van der Waals surface area contributed by atoms with Crippen molar-refractivity contribution in [3.05, 3.63) is 0 Å². The fourth-order valence-electron chi connectivity index (χ4n) is 2.32. The normalized spacial score (nSPS) is 12.0. The van der Waals surface area contributed by atoms with Crippen molar-refractivity contribution in [2.45, 2.75) is 52.9 Å². The Morgan fingerprint density at radius 2 is 1.07 bits per heavy atom. The SMILES string of the molecule is CCCOCCOCCOC(=O)CCC(CC)C(=O)OCCOCCOCCC. The number of rotatable bonds is 21. The van der Waals surface area contributed by atoms with Crippen LogP contribution in [-0.2, 0) is 38.0 Å². The lowest BCUT2D eigenvalue weighted by Gasteiger charge is -2.14. The maximum absolute atomic E-state index is 12.1. The summed E-state index contributed by atoms with van der Waals surface area (Å²) in [7, 11) is 0. The summed E-state index contributed by atoms with van der Waals surface area (Å²) < 4.78 is 31.6. The van der Waals surface area contributed by atoms with E-state index in [1.165, 1.54) is 0 Å². The van der Waals surface area contributed by atoms with E-state index in [1.54, 1.807) is 0 Å². The molecule has 8 heteroatoms. The monoisotopic (exact) mass is 420 g/mol. The van der Waals surface area contributed by atoms with E-state index in [1.807, 2.05) is 20.8 Å². The molecule has 0 spiro atoms. The van der Waals surface area contributed by atoms with Crippen LogP contribution in [-0.4, -0.2) is 78.0 Å². The summed E-state index contributed by atoms with van der Waals surface area (Å²) in [6.45, 7) is 10.6. The first-order valence-corrected chi connectivity index (χ1v) is 10.8. The highest BCUT2D eigenvalue weighted by molar-refractivity contribution is 5.74. The van der Waals surface area contributed by atoms with E-state index in [2.05, 4.69) is 0 Å². The third-order valence-corrected chi connectivity index (χ3v) is 3.93. The minimum absolute atomic E-state index is 0.179. The topological polar surface area (TPSA) is 89.5 Å². The Bertz CT molecular complexity index is 389. The molecule has 0 radical (unpaired) electrons. The molecule has 0 aliphatic heterocycles. The quantitative estimate of drug-likeness (QED) is 0.207. The Morgan fingerprint density at radius 1 is 0.621 bits per heavy atom. The zero-order chi connectivity index (χ0) is 21.6. The Labute approximate surface area is 175 Å². The molecule has 1 atom stereocenters. The highest BCUT2D eigenvalue weighted by atomic mass is 16.6. The van der Waals surface area contributed by atoms with Crippen molar-refractivity contribution >= 4 is 11.9 Å². The van der Waals surface area contributed by atoms with Crippen LogP contribution in [0, 0.1) is 5.92 Å². The van der Waals surface area contributed by atoms with Crippen LogP contribution in [0.15, 0.2) is 0 Å². The van der Waals surface area contributed by atoms with Gasteiger partial charge in [-0.15, -0.1) is 0 Å². The maximum atomic E-state index is 12.1. The minimum Gasteiger partial charge on any atom is -0.463 e. The van der Waals surface area contributed by atoms with Gasteiger partial charge in [-0.25, -0.2) is 0 Å². The van der Waals surface area contributed by atoms with E-state index in [-0.39, 0.29) is 37.5 Å². The highest BCUT2D eigenvalue weighted by Gasteiger charge is 2.19. The summed E-state index contributed by atoms with van der Waals surface area (Å²) in [5.41, 5.74) is 0. The van der Waals surface area contributed by atoms with Crippen molar-refractivity contribution in [1.29, 1.82) is 0 Å². The van der Waals surface area contributed by atoms with Crippen LogP contribution >= 0.6 is 0 Å². The molecular weight excluding hydrogens is 380 g/mol. The lowest BCUT2D eigenvalue weighted by Crippen LogP contribution is -2.21. The molecule has 0 aromatic carbocycles. The van der Waals surface area contributed by atoms with E-state index in [0.29, 0.717) is 52.5 Å². The van der Waals surface area contributed by atoms with Gasteiger partial charge >= 0.3 is 11.9 Å². The summed E-state index contributed by atoms with van der Waals surface area (Å²) in [5.74, 6) is -0.957. The average Bonchev–Trinajstić information content (AvgIpc) is 2.72. The summed E-state index contributed by atoms with van der Waals surface area (Å²) in [6.07, 6.45) is 3.15. The lowest BCUT2D eigenvalue weighted by molar-refractivity contribution is -0.151. The van der Waals surface area contributed by atoms with Crippen molar-refractivity contribution < 1.29 is 38.0 Å². The van der Waals surface area contributed by atoms with Crippen molar-refractivity contribution in [3.8, 4) is 0 Å². The summed E-state index contributed by atoms with van der Waals surface area (Å²) >= 11 is 0. The Kier molecular flexibility index (Phi) is 20.6. The van der Waals surface area contributed by atoms with Crippen molar-refractivity contribution in [3.63, 3.8) is 0 Å². The number of carbonyl (C=O) groups excluding carboxylic acids is 2. The zero-order valence-electron chi connectivity index (χ0n) is 18.4. The summed E-state index contributed by atoms with van der Waals surface area (Å²) in [4.78, 5) is 23.9. The fourth-order valence-corrected chi connectivity index (χ4v) is 2.32. The molecule has 0 N–H and O–H groups in total. The van der Waals surface area contributed by atoms with Gasteiger partial charge in [-0.05, 0) is 25.7 Å². The molecule has 0 saturated carbocycles. The van der Waals surface area contributed by atoms with Gasteiger partial charge < -0.3 is 28.4 Å². The first-order chi connectivity index (χ1) is 14.2. The summed E-state index contributed by atoms with van der Waals surface area (Å²) in [5, 5.41) is 0. The first kappa shape index (κ1) is 27.8. The Hall–Kier alpha value is -1.22. The second-order valence-electron chi connectivity index (χ2n) is 6.48. The van der Waals surface area contributed by atoms with E-state index in [9.17, 15) is 9.59 Å². The van der Waals surface area contributed by atoms with Crippen LogP contribution in [0.3, 0.4) is 0 Å². The van der Waals surface area contributed by atoms with Crippen LogP contribution < -0.4 is 0 Å². The number of carbonyl (C=O) groups is 2. The van der Waals surface area contributed by atoms with Crippen LogP contribution in [0.25, 0.3) is 0 Å². The maximum Gasteiger partial charge on any atom is 0.309 e. The molecule has 1 unspecified atom stereocenters. The molecule has 0 aliphatic carbocycles. The second-order valence-corrected chi connectivity index (χ2v) is 6.48. The van der Waals surface area contributed by atoms with E-state index in [4.69, 9.17) is 28.4 Å². The van der Waals surface area contributed by atoms with Gasteiger partial charge in [0, 0.05) is 19.6 Å². The number of hydrogen-bond acceptors (Lipinski definition) is 8. The van der Waals surface area contributed by atoms with E-state index >= 15 is 0 Å². The molecule has 0 fully saturated rings. The third kappa shape index (κ3) is 18.5. The van der Waals surface area contributed by atoms with Crippen LogP contribution in [0.1, 0.15) is 52.9 Å². The molecule has 0 aromatic heterocycles. The van der Waals surface area contributed by atoms with Gasteiger partial charge in [0.15, 0.2) is 0 Å². The van der Waals surface area contributed by atoms with Crippen LogP contribution in [0.2, 0.25) is 0 Å². The smallest absolute Gasteiger partial charge is 0.309 e. The molecule has 172 valence electrons. The van der Waals surface area contributed by atoms with Gasteiger partial charge in [0.25, 0.3) is 0 Å². The molecule has 0 amide bonds. The van der Waals surface area contributed by atoms with Gasteiger partial charge in [0.05, 0.1) is 45.6 Å². The summed E-state index contributed by atoms with van der Waals surface area (Å²) in [6, 6.07) is 0. The molecule has 0 saturated heterocycles. The molecule has 0 bridgehead atoms. The lowest BCUT2D eigenvalue weighted by atomic mass is 10.0. The van der Waals surface area contributed by atoms with Gasteiger partial charge in [-0.3, -0.25) is 9.59 Å². The van der Waals surface area contributed by atoms with E-state index in [0.717, 1.165) is 26.1 Å². The van der Waals surface area contributed by atoms with Crippen LogP contribution in [0.5, 0.6) is 0 Å². The predicted octanol–water partition coefficient (Wildman–Crippen LogP) is 2.77. The highest BCUT2D eigenvalue weighted by Crippen LogP contribution is 2.13. The van der Waals surface area contributed by atoms with Crippen molar-refractivity contribution in [2.75, 3.05) is 66.1 Å². The third-order valence-electron chi connectivity index (χ3n) is 3.93. The molecule has 0 aromatic rings. The molecular formula is C21H40O8. The molecule has 0 rings (SSSR count). The van der Waals surface area contributed by atoms with Gasteiger partial charge in [0.2, 0.25) is 0 Å². The molecule has 0 heterocycles. The predicted molar refractivity (Wildman–Crippen MR) is 109 cm³/mol. The second kappa shape index (κ2) is 21.5. The first-order valence-electron chi connectivity index (χ1n) is 10.8. The Morgan fingerprint density at radius 3 is 1.55 bits per heavy atom. The van der Waals surface area contributed by atoms with Crippen molar-refractivity contribution in [1.82, 2.24) is 0 Å². The molecule has 8 nitrogen and oxygen atoms in total. The number of ether oxygens (including phenoxy) is 6. The Balaban J connectivity index is 3.66. The fraction of sp³-hybridized carbons (Fsp3) is 0.905. The largest absolute Gasteiger partial charge is 0.463 e. The molecule has 29 heavy (non-hydrogen) atoms. The minimum atomic E-state index is -0.336. The van der Waals surface area contributed by atoms with Gasteiger partial charge in [-0.2, -0.15) is 0 Å². The van der Waals surface area contributed by atoms with Crippen molar-refractivity contribution in [2.24, 2.45) is 5.92 Å². The van der Waals surface area contributed by atoms with Crippen LogP contribution in [0.4, 0.5) is 0 Å². The van der Waals surface area contributed by atoms with Gasteiger partial charge in [0.1, 0.15) is 13.2 Å². The van der Waals surface area contributed by atoms with E-state index < -0.39 is 0 Å².